The van der Waals surface area contributed by atoms with Crippen LogP contribution in [0, 0.1) is 0 Å². The first-order chi connectivity index (χ1) is 9.07. The molecule has 0 fully saturated rings. The molecule has 1 aromatic heterocycles. The average Bonchev–Trinajstić information content (AvgIpc) is 2.85. The molecular formula is C13H12F3N3. The largest absolute Gasteiger partial charge is 0.416 e. The quantitative estimate of drug-likeness (QED) is 0.834. The molecule has 1 aromatic carbocycles. The van der Waals surface area contributed by atoms with Gasteiger partial charge in [0.05, 0.1) is 23.6 Å². The van der Waals surface area contributed by atoms with Crippen LogP contribution in [0.4, 0.5) is 13.2 Å². The average molecular weight is 267 g/mol. The Bertz CT molecular complexity index is 589. The van der Waals surface area contributed by atoms with Crippen LogP contribution in [0.5, 0.6) is 0 Å². The highest BCUT2D eigenvalue weighted by atomic mass is 19.4. The normalized spacial score (nSPS) is 19.2. The van der Waals surface area contributed by atoms with Crippen LogP contribution in [-0.4, -0.2) is 16.5 Å². The molecule has 100 valence electrons. The van der Waals surface area contributed by atoms with Crippen LogP contribution in [-0.2, 0) is 12.6 Å². The summed E-state index contributed by atoms with van der Waals surface area (Å²) in [6, 6.07) is 5.13. The summed E-state index contributed by atoms with van der Waals surface area (Å²) >= 11 is 0. The summed E-state index contributed by atoms with van der Waals surface area (Å²) in [5, 5.41) is 3.11. The van der Waals surface area contributed by atoms with Gasteiger partial charge in [-0.15, -0.1) is 0 Å². The molecule has 0 radical (unpaired) electrons. The van der Waals surface area contributed by atoms with Crippen LogP contribution in [0.25, 0.3) is 0 Å². The summed E-state index contributed by atoms with van der Waals surface area (Å²) in [6.07, 6.45) is -2.08. The Balaban J connectivity index is 2.10. The number of rotatable bonds is 1. The van der Waals surface area contributed by atoms with Crippen LogP contribution in [0.2, 0.25) is 0 Å². The number of benzene rings is 1. The number of imidazole rings is 1. The van der Waals surface area contributed by atoms with E-state index in [2.05, 4.69) is 15.3 Å². The van der Waals surface area contributed by atoms with Crippen LogP contribution < -0.4 is 5.32 Å². The Morgan fingerprint density at radius 3 is 2.79 bits per heavy atom. The lowest BCUT2D eigenvalue weighted by Gasteiger charge is -2.26. The maximum Gasteiger partial charge on any atom is 0.416 e. The lowest BCUT2D eigenvalue weighted by atomic mass is 9.94. The maximum atomic E-state index is 13.0. The van der Waals surface area contributed by atoms with Crippen LogP contribution in [0.1, 0.15) is 28.6 Å². The number of hydrogen-bond acceptors (Lipinski definition) is 2. The second-order valence-electron chi connectivity index (χ2n) is 4.49. The topological polar surface area (TPSA) is 40.7 Å². The predicted octanol–water partition coefficient (Wildman–Crippen LogP) is 2.66. The highest BCUT2D eigenvalue weighted by Crippen LogP contribution is 2.37. The van der Waals surface area contributed by atoms with Gasteiger partial charge in [0, 0.05) is 18.7 Å². The van der Waals surface area contributed by atoms with Gasteiger partial charge in [-0.05, 0) is 11.6 Å². The van der Waals surface area contributed by atoms with Gasteiger partial charge in [-0.25, -0.2) is 4.98 Å². The van der Waals surface area contributed by atoms with Crippen molar-refractivity contribution in [3.8, 4) is 0 Å². The minimum absolute atomic E-state index is 0.225. The van der Waals surface area contributed by atoms with Crippen molar-refractivity contribution in [3.63, 3.8) is 0 Å². The van der Waals surface area contributed by atoms with E-state index in [9.17, 15) is 13.2 Å². The molecular weight excluding hydrogens is 255 g/mol. The number of hydrogen-bond donors (Lipinski definition) is 2. The summed E-state index contributed by atoms with van der Waals surface area (Å²) in [6.45, 7) is 0.631. The van der Waals surface area contributed by atoms with Crippen LogP contribution in [0.3, 0.4) is 0 Å². The molecule has 3 rings (SSSR count). The van der Waals surface area contributed by atoms with E-state index < -0.39 is 17.8 Å². The predicted molar refractivity (Wildman–Crippen MR) is 63.6 cm³/mol. The van der Waals surface area contributed by atoms with E-state index in [1.54, 1.807) is 6.07 Å². The first-order valence-corrected chi connectivity index (χ1v) is 5.99. The summed E-state index contributed by atoms with van der Waals surface area (Å²) in [4.78, 5) is 7.14. The Morgan fingerprint density at radius 2 is 2.00 bits per heavy atom. The molecule has 1 atom stereocenters. The minimum Gasteiger partial charge on any atom is -0.348 e. The smallest absolute Gasteiger partial charge is 0.348 e. The van der Waals surface area contributed by atoms with E-state index >= 15 is 0 Å². The SMILES string of the molecule is FC(F)(F)c1ccccc1C1NCCc2[nH]cnc21. The van der Waals surface area contributed by atoms with Gasteiger partial charge in [-0.3, -0.25) is 0 Å². The van der Waals surface area contributed by atoms with E-state index in [0.29, 0.717) is 12.2 Å². The van der Waals surface area contributed by atoms with E-state index in [1.165, 1.54) is 18.5 Å². The molecule has 0 amide bonds. The lowest BCUT2D eigenvalue weighted by molar-refractivity contribution is -0.138. The number of halogens is 3. The molecule has 0 saturated carbocycles. The molecule has 1 aliphatic rings. The second kappa shape index (κ2) is 4.38. The zero-order valence-corrected chi connectivity index (χ0v) is 9.96. The van der Waals surface area contributed by atoms with Gasteiger partial charge in [0.1, 0.15) is 0 Å². The molecule has 0 saturated heterocycles. The number of fused-ring (bicyclic) bond motifs is 1. The maximum absolute atomic E-state index is 13.0. The molecule has 1 aliphatic heterocycles. The van der Waals surface area contributed by atoms with Crippen molar-refractivity contribution < 1.29 is 13.2 Å². The third-order valence-corrected chi connectivity index (χ3v) is 3.33. The number of aromatic nitrogens is 2. The standard InChI is InChI=1S/C13H12F3N3/c14-13(15,16)9-4-2-1-3-8(9)11-12-10(5-6-17-11)18-7-19-12/h1-4,7,11,17H,5-6H2,(H,18,19). The van der Waals surface area contributed by atoms with Gasteiger partial charge in [0.25, 0.3) is 0 Å². The first-order valence-electron chi connectivity index (χ1n) is 5.99. The monoisotopic (exact) mass is 267 g/mol. The van der Waals surface area contributed by atoms with Gasteiger partial charge in [0.15, 0.2) is 0 Å². The fraction of sp³-hybridized carbons (Fsp3) is 0.308. The van der Waals surface area contributed by atoms with Crippen molar-refractivity contribution in [1.82, 2.24) is 15.3 Å². The summed E-state index contributed by atoms with van der Waals surface area (Å²) in [5.74, 6) is 0. The Morgan fingerprint density at radius 1 is 1.21 bits per heavy atom. The minimum atomic E-state index is -4.35. The molecule has 19 heavy (non-hydrogen) atoms. The number of aromatic amines is 1. The molecule has 1 unspecified atom stereocenters. The van der Waals surface area contributed by atoms with Gasteiger partial charge in [0.2, 0.25) is 0 Å². The van der Waals surface area contributed by atoms with Crippen molar-refractivity contribution in [2.75, 3.05) is 6.54 Å². The summed E-state index contributed by atoms with van der Waals surface area (Å²) < 4.78 is 39.1. The fourth-order valence-electron chi connectivity index (χ4n) is 2.48. The fourth-order valence-corrected chi connectivity index (χ4v) is 2.48. The Hall–Kier alpha value is -1.82. The molecule has 2 N–H and O–H groups in total. The number of nitrogens with zero attached hydrogens (tertiary/aromatic N) is 1. The van der Waals surface area contributed by atoms with E-state index in [4.69, 9.17) is 0 Å². The van der Waals surface area contributed by atoms with Gasteiger partial charge >= 0.3 is 6.18 Å². The van der Waals surface area contributed by atoms with Gasteiger partial charge < -0.3 is 10.3 Å². The van der Waals surface area contributed by atoms with Crippen molar-refractivity contribution in [2.24, 2.45) is 0 Å². The first kappa shape index (κ1) is 12.2. The molecule has 2 heterocycles. The van der Waals surface area contributed by atoms with E-state index in [-0.39, 0.29) is 5.56 Å². The molecule has 0 spiro atoms. The molecule has 0 bridgehead atoms. The zero-order valence-electron chi connectivity index (χ0n) is 9.96. The van der Waals surface area contributed by atoms with Crippen molar-refractivity contribution >= 4 is 0 Å². The third kappa shape index (κ3) is 2.12. The third-order valence-electron chi connectivity index (χ3n) is 3.33. The van der Waals surface area contributed by atoms with E-state index in [0.717, 1.165) is 18.2 Å². The lowest BCUT2D eigenvalue weighted by Crippen LogP contribution is -2.32. The Labute approximate surface area is 107 Å². The Kier molecular flexibility index (Phi) is 2.82. The van der Waals surface area contributed by atoms with Crippen LogP contribution >= 0.6 is 0 Å². The van der Waals surface area contributed by atoms with E-state index in [1.807, 2.05) is 0 Å². The summed E-state index contributed by atoms with van der Waals surface area (Å²) in [5.41, 5.74) is 1.18. The highest BCUT2D eigenvalue weighted by molar-refractivity contribution is 5.39. The number of alkyl halides is 3. The molecule has 3 nitrogen and oxygen atoms in total. The van der Waals surface area contributed by atoms with Crippen molar-refractivity contribution in [3.05, 3.63) is 53.1 Å². The molecule has 6 heteroatoms. The highest BCUT2D eigenvalue weighted by Gasteiger charge is 2.36. The van der Waals surface area contributed by atoms with Gasteiger partial charge in [-0.2, -0.15) is 13.2 Å². The van der Waals surface area contributed by atoms with Crippen molar-refractivity contribution in [1.29, 1.82) is 0 Å². The number of nitrogens with one attached hydrogen (secondary N) is 2. The molecule has 0 aliphatic carbocycles. The van der Waals surface area contributed by atoms with Crippen molar-refractivity contribution in [2.45, 2.75) is 18.6 Å². The second-order valence-corrected chi connectivity index (χ2v) is 4.49. The summed E-state index contributed by atoms with van der Waals surface area (Å²) in [7, 11) is 0. The number of H-pyrrole nitrogens is 1. The zero-order chi connectivity index (χ0) is 13.5. The van der Waals surface area contributed by atoms with Gasteiger partial charge in [-0.1, -0.05) is 18.2 Å². The van der Waals surface area contributed by atoms with Crippen LogP contribution in [0.15, 0.2) is 30.6 Å². The molecule has 2 aromatic rings.